The van der Waals surface area contributed by atoms with E-state index < -0.39 is 12.7 Å². The summed E-state index contributed by atoms with van der Waals surface area (Å²) in [6.45, 7) is -2.57. The Morgan fingerprint density at radius 2 is 1.89 bits per heavy atom. The van der Waals surface area contributed by atoms with E-state index in [0.29, 0.717) is 33.7 Å². The molecule has 0 amide bonds. The molecule has 0 saturated heterocycles. The molecular formula is C18H16Cl2F2N2O3. The van der Waals surface area contributed by atoms with E-state index in [1.807, 2.05) is 0 Å². The van der Waals surface area contributed by atoms with E-state index in [2.05, 4.69) is 14.9 Å². The predicted molar refractivity (Wildman–Crippen MR) is 97.8 cm³/mol. The van der Waals surface area contributed by atoms with Crippen molar-refractivity contribution in [2.75, 3.05) is 6.61 Å². The molecule has 1 saturated carbocycles. The van der Waals surface area contributed by atoms with E-state index in [4.69, 9.17) is 27.9 Å². The number of nitroso groups, excluding NO2 is 1. The number of pyridine rings is 1. The van der Waals surface area contributed by atoms with E-state index in [-0.39, 0.29) is 17.9 Å². The van der Waals surface area contributed by atoms with Crippen molar-refractivity contribution in [3.8, 4) is 11.5 Å². The van der Waals surface area contributed by atoms with Crippen LogP contribution in [-0.4, -0.2) is 18.2 Å². The first-order valence-corrected chi connectivity index (χ1v) is 9.05. The molecule has 0 N–H and O–H groups in total. The second kappa shape index (κ2) is 8.80. The molecule has 27 heavy (non-hydrogen) atoms. The monoisotopic (exact) mass is 416 g/mol. The van der Waals surface area contributed by atoms with Crippen LogP contribution in [0.2, 0.25) is 10.0 Å². The fraction of sp³-hybridized carbons (Fsp3) is 0.389. The first-order valence-electron chi connectivity index (χ1n) is 8.29. The Bertz CT molecular complexity index is 799. The molecular weight excluding hydrogens is 401 g/mol. The summed E-state index contributed by atoms with van der Waals surface area (Å²) < 4.78 is 35.4. The highest BCUT2D eigenvalue weighted by atomic mass is 35.5. The van der Waals surface area contributed by atoms with E-state index in [9.17, 15) is 13.7 Å². The predicted octanol–water partition coefficient (Wildman–Crippen LogP) is 5.83. The summed E-state index contributed by atoms with van der Waals surface area (Å²) in [7, 11) is 0. The summed E-state index contributed by atoms with van der Waals surface area (Å²) in [5, 5.41) is 3.78. The van der Waals surface area contributed by atoms with Crippen LogP contribution in [0.5, 0.6) is 11.5 Å². The molecule has 0 bridgehead atoms. The largest absolute Gasteiger partial charge is 0.489 e. The SMILES string of the molecule is O=N[C@@H](Cc1c(Cl)cncc1Cl)c1ccc(OC(F)F)c(OCC2CC2)c1. The average Bonchev–Trinajstić information content (AvgIpc) is 3.45. The first-order chi connectivity index (χ1) is 13.0. The van der Waals surface area contributed by atoms with E-state index in [0.717, 1.165) is 12.8 Å². The zero-order chi connectivity index (χ0) is 19.4. The highest BCUT2D eigenvalue weighted by Crippen LogP contribution is 2.37. The van der Waals surface area contributed by atoms with Gasteiger partial charge in [0.2, 0.25) is 0 Å². The van der Waals surface area contributed by atoms with Crippen LogP contribution in [0.3, 0.4) is 0 Å². The van der Waals surface area contributed by atoms with Gasteiger partial charge in [0.15, 0.2) is 11.5 Å². The fourth-order valence-electron chi connectivity index (χ4n) is 2.57. The summed E-state index contributed by atoms with van der Waals surface area (Å²) in [5.41, 5.74) is 1.02. The average molecular weight is 417 g/mol. The molecule has 1 aliphatic rings. The topological polar surface area (TPSA) is 60.8 Å². The van der Waals surface area contributed by atoms with Gasteiger partial charge in [-0.3, -0.25) is 4.98 Å². The minimum atomic E-state index is -2.98. The van der Waals surface area contributed by atoms with Gasteiger partial charge in [-0.15, -0.1) is 0 Å². The Morgan fingerprint density at radius 1 is 1.19 bits per heavy atom. The molecule has 1 aromatic heterocycles. The van der Waals surface area contributed by atoms with Crippen molar-refractivity contribution in [2.45, 2.75) is 31.9 Å². The van der Waals surface area contributed by atoms with Crippen molar-refractivity contribution in [2.24, 2.45) is 11.1 Å². The summed E-state index contributed by atoms with van der Waals surface area (Å²) in [5.74, 6) is 0.488. The second-order valence-electron chi connectivity index (χ2n) is 6.25. The number of hydrogen-bond acceptors (Lipinski definition) is 5. The van der Waals surface area contributed by atoms with Gasteiger partial charge in [-0.1, -0.05) is 34.4 Å². The molecule has 0 spiro atoms. The molecule has 3 rings (SSSR count). The molecule has 0 unspecified atom stereocenters. The van der Waals surface area contributed by atoms with Gasteiger partial charge < -0.3 is 9.47 Å². The second-order valence-corrected chi connectivity index (χ2v) is 7.06. The highest BCUT2D eigenvalue weighted by molar-refractivity contribution is 6.35. The number of halogens is 4. The maximum absolute atomic E-state index is 12.6. The van der Waals surface area contributed by atoms with Crippen molar-refractivity contribution in [3.63, 3.8) is 0 Å². The molecule has 1 aromatic carbocycles. The van der Waals surface area contributed by atoms with Crippen LogP contribution in [0.15, 0.2) is 35.8 Å². The van der Waals surface area contributed by atoms with Crippen LogP contribution in [0.4, 0.5) is 8.78 Å². The third-order valence-corrected chi connectivity index (χ3v) is 4.87. The van der Waals surface area contributed by atoms with Gasteiger partial charge in [-0.2, -0.15) is 13.7 Å². The Morgan fingerprint density at radius 3 is 2.48 bits per heavy atom. The van der Waals surface area contributed by atoms with Crippen molar-refractivity contribution < 1.29 is 18.3 Å². The maximum atomic E-state index is 12.6. The summed E-state index contributed by atoms with van der Waals surface area (Å²) >= 11 is 12.2. The zero-order valence-electron chi connectivity index (χ0n) is 14.1. The normalized spacial score (nSPS) is 14.9. The van der Waals surface area contributed by atoms with Gasteiger partial charge in [0.1, 0.15) is 6.04 Å². The number of nitrogens with zero attached hydrogens (tertiary/aromatic N) is 2. The first kappa shape index (κ1) is 19.8. The number of rotatable bonds is 9. The van der Waals surface area contributed by atoms with Crippen molar-refractivity contribution in [1.82, 2.24) is 4.98 Å². The molecule has 1 aliphatic carbocycles. The van der Waals surface area contributed by atoms with Crippen LogP contribution < -0.4 is 9.47 Å². The number of benzene rings is 1. The Kier molecular flexibility index (Phi) is 6.44. The van der Waals surface area contributed by atoms with Crippen molar-refractivity contribution in [1.29, 1.82) is 0 Å². The molecule has 1 heterocycles. The highest BCUT2D eigenvalue weighted by Gasteiger charge is 2.24. The van der Waals surface area contributed by atoms with Gasteiger partial charge in [0.25, 0.3) is 0 Å². The molecule has 5 nitrogen and oxygen atoms in total. The Hall–Kier alpha value is -1.99. The van der Waals surface area contributed by atoms with Gasteiger partial charge in [-0.05, 0) is 42.0 Å². The summed E-state index contributed by atoms with van der Waals surface area (Å²) in [6, 6.07) is 3.51. The van der Waals surface area contributed by atoms with Gasteiger partial charge >= 0.3 is 6.61 Å². The van der Waals surface area contributed by atoms with Crippen LogP contribution >= 0.6 is 23.2 Å². The van der Waals surface area contributed by atoms with Gasteiger partial charge in [0.05, 0.1) is 16.7 Å². The Balaban J connectivity index is 1.86. The van der Waals surface area contributed by atoms with Crippen LogP contribution in [0.25, 0.3) is 0 Å². The minimum Gasteiger partial charge on any atom is -0.489 e. The third kappa shape index (κ3) is 5.26. The molecule has 1 atom stereocenters. The molecule has 0 radical (unpaired) electrons. The smallest absolute Gasteiger partial charge is 0.387 e. The summed E-state index contributed by atoms with van der Waals surface area (Å²) in [4.78, 5) is 15.3. The van der Waals surface area contributed by atoms with Crippen LogP contribution in [0, 0.1) is 10.8 Å². The molecule has 9 heteroatoms. The number of hydrogen-bond donors (Lipinski definition) is 0. The lowest BCUT2D eigenvalue weighted by molar-refractivity contribution is -0.0515. The standard InChI is InChI=1S/C18H16Cl2F2N2O3/c19-13-7-23-8-14(20)12(13)6-15(24-25)11-3-4-16(27-18(21)22)17(5-11)26-9-10-1-2-10/h3-5,7-8,10,15,18H,1-2,6,9H2/t15-/m0/s1. The van der Waals surface area contributed by atoms with E-state index in [1.165, 1.54) is 30.6 Å². The van der Waals surface area contributed by atoms with Crippen molar-refractivity contribution in [3.05, 3.63) is 56.7 Å². The maximum Gasteiger partial charge on any atom is 0.387 e. The number of ether oxygens (including phenoxy) is 2. The molecule has 144 valence electrons. The molecule has 0 aliphatic heterocycles. The van der Waals surface area contributed by atoms with E-state index >= 15 is 0 Å². The number of aromatic nitrogens is 1. The zero-order valence-corrected chi connectivity index (χ0v) is 15.6. The van der Waals surface area contributed by atoms with Crippen LogP contribution in [-0.2, 0) is 6.42 Å². The molecule has 1 fully saturated rings. The lowest BCUT2D eigenvalue weighted by atomic mass is 9.99. The Labute approximate surface area is 164 Å². The van der Waals surface area contributed by atoms with E-state index in [1.54, 1.807) is 0 Å². The lowest BCUT2D eigenvalue weighted by Crippen LogP contribution is -2.08. The molecule has 2 aromatic rings. The fourth-order valence-corrected chi connectivity index (χ4v) is 3.09. The minimum absolute atomic E-state index is 0.0842. The van der Waals surface area contributed by atoms with Gasteiger partial charge in [0, 0.05) is 18.8 Å². The van der Waals surface area contributed by atoms with Crippen LogP contribution in [0.1, 0.15) is 30.0 Å². The third-order valence-electron chi connectivity index (χ3n) is 4.22. The summed E-state index contributed by atoms with van der Waals surface area (Å²) in [6.07, 6.45) is 5.08. The van der Waals surface area contributed by atoms with Gasteiger partial charge in [-0.25, -0.2) is 0 Å². The quantitative estimate of drug-likeness (QED) is 0.482. The number of alkyl halides is 2. The van der Waals surface area contributed by atoms with Crippen molar-refractivity contribution >= 4 is 23.2 Å². The lowest BCUT2D eigenvalue weighted by Gasteiger charge is -2.16.